The van der Waals surface area contributed by atoms with Crippen LogP contribution < -0.4 is 10.9 Å². The fourth-order valence-electron chi connectivity index (χ4n) is 1.92. The summed E-state index contributed by atoms with van der Waals surface area (Å²) in [7, 11) is 0. The van der Waals surface area contributed by atoms with Gasteiger partial charge in [-0.25, -0.2) is 0 Å². The van der Waals surface area contributed by atoms with Gasteiger partial charge in [-0.2, -0.15) is 0 Å². The van der Waals surface area contributed by atoms with E-state index in [0.717, 1.165) is 0 Å². The zero-order chi connectivity index (χ0) is 15.4. The third kappa shape index (κ3) is 3.88. The molecule has 0 radical (unpaired) electrons. The third-order valence-corrected chi connectivity index (χ3v) is 3.88. The van der Waals surface area contributed by atoms with Crippen molar-refractivity contribution in [1.29, 1.82) is 0 Å². The Bertz CT molecular complexity index is 704. The van der Waals surface area contributed by atoms with E-state index in [4.69, 9.17) is 0 Å². The lowest BCUT2D eigenvalue weighted by molar-refractivity contribution is 0.0918. The Hall–Kier alpha value is -2.21. The van der Waals surface area contributed by atoms with Gasteiger partial charge in [0.25, 0.3) is 11.5 Å². The second-order valence-electron chi connectivity index (χ2n) is 4.86. The molecule has 2 aromatic heterocycles. The van der Waals surface area contributed by atoms with Crippen molar-refractivity contribution in [2.75, 3.05) is 0 Å². The van der Waals surface area contributed by atoms with E-state index >= 15 is 0 Å². The molecule has 0 bridgehead atoms. The molecule has 2 aromatic rings. The molecular formula is C15H16N2O3S. The Morgan fingerprint density at radius 2 is 2.10 bits per heavy atom. The third-order valence-electron chi connectivity index (χ3n) is 2.97. The molecule has 2 heterocycles. The summed E-state index contributed by atoms with van der Waals surface area (Å²) in [6.45, 7) is 3.48. The lowest BCUT2D eigenvalue weighted by atomic mass is 10.1. The van der Waals surface area contributed by atoms with Gasteiger partial charge < -0.3 is 10.3 Å². The predicted octanol–water partition coefficient (Wildman–Crippen LogP) is 2.14. The highest BCUT2D eigenvalue weighted by Crippen LogP contribution is 2.12. The summed E-state index contributed by atoms with van der Waals surface area (Å²) in [4.78, 5) is 38.9. The molecule has 6 heteroatoms. The Balaban J connectivity index is 1.99. The van der Waals surface area contributed by atoms with Crippen molar-refractivity contribution in [3.8, 4) is 0 Å². The topological polar surface area (TPSA) is 79.0 Å². The minimum atomic E-state index is -0.470. The summed E-state index contributed by atoms with van der Waals surface area (Å²) in [6.07, 6.45) is 0.204. The van der Waals surface area contributed by atoms with Gasteiger partial charge in [-0.3, -0.25) is 14.4 Å². The normalized spacial score (nSPS) is 11.9. The Labute approximate surface area is 126 Å². The maximum absolute atomic E-state index is 12.0. The Morgan fingerprint density at radius 1 is 1.33 bits per heavy atom. The number of Topliss-reactive ketones (excluding diaryl/α,β-unsaturated/α-hetero) is 1. The van der Waals surface area contributed by atoms with Crippen LogP contribution in [-0.2, 0) is 0 Å². The first kappa shape index (κ1) is 15.2. The molecule has 0 spiro atoms. The van der Waals surface area contributed by atoms with Crippen LogP contribution >= 0.6 is 11.3 Å². The van der Waals surface area contributed by atoms with E-state index in [1.807, 2.05) is 11.4 Å². The molecule has 0 saturated heterocycles. The SMILES string of the molecule is Cc1ccc(C(=O)N[C@H](C)CC(=O)c2cccs2)c(=O)[nH]1. The van der Waals surface area contributed by atoms with Gasteiger partial charge in [-0.15, -0.1) is 11.3 Å². The molecule has 0 aliphatic carbocycles. The highest BCUT2D eigenvalue weighted by atomic mass is 32.1. The monoisotopic (exact) mass is 304 g/mol. The van der Waals surface area contributed by atoms with Gasteiger partial charge in [-0.1, -0.05) is 6.07 Å². The van der Waals surface area contributed by atoms with Crippen molar-refractivity contribution in [3.63, 3.8) is 0 Å². The van der Waals surface area contributed by atoms with Crippen LogP contribution in [0.2, 0.25) is 0 Å². The van der Waals surface area contributed by atoms with Crippen LogP contribution in [-0.4, -0.2) is 22.7 Å². The van der Waals surface area contributed by atoms with Crippen LogP contribution in [0.15, 0.2) is 34.4 Å². The minimum Gasteiger partial charge on any atom is -0.349 e. The van der Waals surface area contributed by atoms with Crippen molar-refractivity contribution in [3.05, 3.63) is 56.1 Å². The van der Waals surface area contributed by atoms with Crippen LogP contribution in [0.3, 0.4) is 0 Å². The first-order valence-electron chi connectivity index (χ1n) is 6.55. The highest BCUT2D eigenvalue weighted by Gasteiger charge is 2.16. The van der Waals surface area contributed by atoms with Gasteiger partial charge in [0.2, 0.25) is 0 Å². The lowest BCUT2D eigenvalue weighted by Gasteiger charge is -2.12. The molecule has 0 unspecified atom stereocenters. The molecular weight excluding hydrogens is 288 g/mol. The average Bonchev–Trinajstić information content (AvgIpc) is 2.91. The summed E-state index contributed by atoms with van der Waals surface area (Å²) < 4.78 is 0. The number of aryl methyl sites for hydroxylation is 1. The summed E-state index contributed by atoms with van der Waals surface area (Å²) >= 11 is 1.38. The summed E-state index contributed by atoms with van der Waals surface area (Å²) in [5.41, 5.74) is 0.317. The number of thiophene rings is 1. The molecule has 5 nitrogen and oxygen atoms in total. The number of hydrogen-bond acceptors (Lipinski definition) is 4. The Kier molecular flexibility index (Phi) is 4.70. The molecule has 0 aromatic carbocycles. The van der Waals surface area contributed by atoms with Crippen LogP contribution in [0, 0.1) is 6.92 Å². The van der Waals surface area contributed by atoms with E-state index in [1.165, 1.54) is 17.4 Å². The van der Waals surface area contributed by atoms with Gasteiger partial charge >= 0.3 is 0 Å². The van der Waals surface area contributed by atoms with E-state index in [1.54, 1.807) is 26.0 Å². The number of aromatic amines is 1. The van der Waals surface area contributed by atoms with Crippen molar-refractivity contribution >= 4 is 23.0 Å². The summed E-state index contributed by atoms with van der Waals surface area (Å²) in [6, 6.07) is 6.38. The number of amides is 1. The largest absolute Gasteiger partial charge is 0.349 e. The van der Waals surface area contributed by atoms with Crippen LogP contribution in [0.5, 0.6) is 0 Å². The molecule has 2 N–H and O–H groups in total. The molecule has 0 fully saturated rings. The van der Waals surface area contributed by atoms with E-state index in [2.05, 4.69) is 10.3 Å². The standard InChI is InChI=1S/C15H16N2O3S/c1-9-5-6-11(14(19)16-9)15(20)17-10(2)8-12(18)13-4-3-7-21-13/h3-7,10H,8H2,1-2H3,(H,16,19)(H,17,20)/t10-/m1/s1. The number of carbonyl (C=O) groups is 2. The highest BCUT2D eigenvalue weighted by molar-refractivity contribution is 7.12. The van der Waals surface area contributed by atoms with Crippen molar-refractivity contribution in [2.24, 2.45) is 0 Å². The van der Waals surface area contributed by atoms with Gasteiger partial charge in [0.05, 0.1) is 4.88 Å². The van der Waals surface area contributed by atoms with E-state index in [-0.39, 0.29) is 23.8 Å². The number of ketones is 1. The second kappa shape index (κ2) is 6.49. The zero-order valence-electron chi connectivity index (χ0n) is 11.8. The fourth-order valence-corrected chi connectivity index (χ4v) is 2.60. The predicted molar refractivity (Wildman–Crippen MR) is 82.0 cm³/mol. The number of H-pyrrole nitrogens is 1. The minimum absolute atomic E-state index is 0.0179. The summed E-state index contributed by atoms with van der Waals surface area (Å²) in [5.74, 6) is -0.488. The quantitative estimate of drug-likeness (QED) is 0.831. The molecule has 0 aliphatic heterocycles. The van der Waals surface area contributed by atoms with E-state index < -0.39 is 11.5 Å². The number of hydrogen-bond donors (Lipinski definition) is 2. The zero-order valence-corrected chi connectivity index (χ0v) is 12.6. The maximum Gasteiger partial charge on any atom is 0.260 e. The van der Waals surface area contributed by atoms with Crippen LogP contribution in [0.25, 0.3) is 0 Å². The average molecular weight is 304 g/mol. The number of carbonyl (C=O) groups excluding carboxylic acids is 2. The van der Waals surface area contributed by atoms with Gasteiger partial charge in [0, 0.05) is 18.2 Å². The van der Waals surface area contributed by atoms with Crippen LogP contribution in [0.1, 0.15) is 39.1 Å². The molecule has 1 amide bonds. The van der Waals surface area contributed by atoms with Crippen molar-refractivity contribution in [1.82, 2.24) is 10.3 Å². The number of aromatic nitrogens is 1. The first-order valence-corrected chi connectivity index (χ1v) is 7.43. The molecule has 110 valence electrons. The molecule has 0 aliphatic rings. The Morgan fingerprint density at radius 3 is 2.71 bits per heavy atom. The molecule has 0 saturated carbocycles. The van der Waals surface area contributed by atoms with E-state index in [9.17, 15) is 14.4 Å². The summed E-state index contributed by atoms with van der Waals surface area (Å²) in [5, 5.41) is 4.51. The van der Waals surface area contributed by atoms with Gasteiger partial charge in [-0.05, 0) is 37.4 Å². The van der Waals surface area contributed by atoms with Crippen molar-refractivity contribution in [2.45, 2.75) is 26.3 Å². The first-order chi connectivity index (χ1) is 9.97. The van der Waals surface area contributed by atoms with Gasteiger partial charge in [0.1, 0.15) is 5.56 Å². The van der Waals surface area contributed by atoms with Crippen molar-refractivity contribution < 1.29 is 9.59 Å². The van der Waals surface area contributed by atoms with Crippen LogP contribution in [0.4, 0.5) is 0 Å². The number of rotatable bonds is 5. The van der Waals surface area contributed by atoms with E-state index in [0.29, 0.717) is 10.6 Å². The molecule has 1 atom stereocenters. The van der Waals surface area contributed by atoms with Gasteiger partial charge in [0.15, 0.2) is 5.78 Å². The lowest BCUT2D eigenvalue weighted by Crippen LogP contribution is -2.37. The number of nitrogens with one attached hydrogen (secondary N) is 2. The fraction of sp³-hybridized carbons (Fsp3) is 0.267. The molecule has 21 heavy (non-hydrogen) atoms. The maximum atomic E-state index is 12.0. The number of pyridine rings is 1. The smallest absolute Gasteiger partial charge is 0.260 e. The molecule has 2 rings (SSSR count). The second-order valence-corrected chi connectivity index (χ2v) is 5.81.